The first kappa shape index (κ1) is 15.9. The second kappa shape index (κ2) is 9.73. The molecule has 1 fully saturated rings. The van der Waals surface area contributed by atoms with Crippen LogP contribution in [0.15, 0.2) is 0 Å². The molecule has 0 aliphatic carbocycles. The number of hydrogen-bond acceptors (Lipinski definition) is 4. The summed E-state index contributed by atoms with van der Waals surface area (Å²) in [7, 11) is 0. The van der Waals surface area contributed by atoms with Gasteiger partial charge in [-0.1, -0.05) is 6.92 Å². The quantitative estimate of drug-likeness (QED) is 0.638. The molecule has 1 saturated heterocycles. The maximum atomic E-state index is 5.51. The van der Waals surface area contributed by atoms with Crippen LogP contribution in [0.25, 0.3) is 0 Å². The molecule has 0 bridgehead atoms. The van der Waals surface area contributed by atoms with Gasteiger partial charge in [0.15, 0.2) is 6.29 Å². The Labute approximate surface area is 112 Å². The minimum Gasteiger partial charge on any atom is -0.352 e. The first-order valence-corrected chi connectivity index (χ1v) is 7.46. The second-order valence-corrected chi connectivity index (χ2v) is 4.88. The monoisotopic (exact) mass is 258 g/mol. The van der Waals surface area contributed by atoms with Crippen molar-refractivity contribution in [1.82, 2.24) is 10.2 Å². The van der Waals surface area contributed by atoms with Crippen LogP contribution in [0.3, 0.4) is 0 Å². The van der Waals surface area contributed by atoms with Crippen LogP contribution in [0.1, 0.15) is 33.6 Å². The molecule has 0 aromatic rings. The van der Waals surface area contributed by atoms with Crippen molar-refractivity contribution < 1.29 is 9.47 Å². The molecule has 0 spiro atoms. The average Bonchev–Trinajstić information content (AvgIpc) is 2.40. The van der Waals surface area contributed by atoms with Gasteiger partial charge in [0.1, 0.15) is 0 Å². The number of rotatable bonds is 9. The Morgan fingerprint density at radius 3 is 2.22 bits per heavy atom. The van der Waals surface area contributed by atoms with Crippen molar-refractivity contribution in [3.05, 3.63) is 0 Å². The van der Waals surface area contributed by atoms with Crippen molar-refractivity contribution in [2.45, 2.75) is 39.9 Å². The van der Waals surface area contributed by atoms with Crippen molar-refractivity contribution in [3.8, 4) is 0 Å². The van der Waals surface area contributed by atoms with Crippen LogP contribution in [-0.2, 0) is 9.47 Å². The summed E-state index contributed by atoms with van der Waals surface area (Å²) in [6.45, 7) is 13.3. The zero-order valence-corrected chi connectivity index (χ0v) is 12.3. The molecule has 0 unspecified atom stereocenters. The maximum Gasteiger partial charge on any atom is 0.169 e. The van der Waals surface area contributed by atoms with E-state index in [4.69, 9.17) is 9.47 Å². The van der Waals surface area contributed by atoms with Crippen molar-refractivity contribution in [1.29, 1.82) is 0 Å². The molecule has 0 aromatic heterocycles. The third-order valence-corrected chi connectivity index (χ3v) is 3.60. The fraction of sp³-hybridized carbons (Fsp3) is 1.00. The van der Waals surface area contributed by atoms with Crippen LogP contribution in [0, 0.1) is 5.92 Å². The van der Waals surface area contributed by atoms with E-state index in [9.17, 15) is 0 Å². The van der Waals surface area contributed by atoms with E-state index < -0.39 is 0 Å². The molecular formula is C14H30N2O2. The molecule has 18 heavy (non-hydrogen) atoms. The molecule has 108 valence electrons. The SMILES string of the molecule is CCOC(CNCC1CCN(CC)CC1)OCC. The lowest BCUT2D eigenvalue weighted by Gasteiger charge is -2.31. The van der Waals surface area contributed by atoms with Gasteiger partial charge in [-0.25, -0.2) is 0 Å². The minimum atomic E-state index is -0.0873. The van der Waals surface area contributed by atoms with Gasteiger partial charge < -0.3 is 19.7 Å². The summed E-state index contributed by atoms with van der Waals surface area (Å²) in [5, 5.41) is 3.49. The van der Waals surface area contributed by atoms with Crippen LogP contribution < -0.4 is 5.32 Å². The van der Waals surface area contributed by atoms with Gasteiger partial charge in [0.05, 0.1) is 0 Å². The molecule has 1 heterocycles. The Kier molecular flexibility index (Phi) is 8.59. The smallest absolute Gasteiger partial charge is 0.169 e. The van der Waals surface area contributed by atoms with Crippen LogP contribution in [0.4, 0.5) is 0 Å². The van der Waals surface area contributed by atoms with Gasteiger partial charge in [0.25, 0.3) is 0 Å². The minimum absolute atomic E-state index is 0.0873. The molecule has 1 aliphatic rings. The Morgan fingerprint density at radius 1 is 1.11 bits per heavy atom. The first-order chi connectivity index (χ1) is 8.80. The van der Waals surface area contributed by atoms with Crippen molar-refractivity contribution in [3.63, 3.8) is 0 Å². The maximum absolute atomic E-state index is 5.51. The number of ether oxygens (including phenoxy) is 2. The van der Waals surface area contributed by atoms with E-state index in [1.165, 1.54) is 32.5 Å². The fourth-order valence-corrected chi connectivity index (χ4v) is 2.45. The van der Waals surface area contributed by atoms with Gasteiger partial charge in [0.2, 0.25) is 0 Å². The van der Waals surface area contributed by atoms with E-state index in [-0.39, 0.29) is 6.29 Å². The van der Waals surface area contributed by atoms with Gasteiger partial charge in [-0.15, -0.1) is 0 Å². The Balaban J connectivity index is 2.09. The van der Waals surface area contributed by atoms with Gasteiger partial charge in [-0.2, -0.15) is 0 Å². The average molecular weight is 258 g/mol. The highest BCUT2D eigenvalue weighted by Crippen LogP contribution is 2.15. The highest BCUT2D eigenvalue weighted by molar-refractivity contribution is 4.73. The third kappa shape index (κ3) is 6.14. The van der Waals surface area contributed by atoms with Gasteiger partial charge in [-0.3, -0.25) is 0 Å². The van der Waals surface area contributed by atoms with E-state index in [1.54, 1.807) is 0 Å². The predicted octanol–water partition coefficient (Wildman–Crippen LogP) is 1.71. The highest BCUT2D eigenvalue weighted by atomic mass is 16.7. The second-order valence-electron chi connectivity index (χ2n) is 4.88. The van der Waals surface area contributed by atoms with Crippen LogP contribution in [-0.4, -0.2) is 57.1 Å². The fourth-order valence-electron chi connectivity index (χ4n) is 2.45. The Hall–Kier alpha value is -0.160. The van der Waals surface area contributed by atoms with Gasteiger partial charge in [-0.05, 0) is 58.8 Å². The van der Waals surface area contributed by atoms with Crippen molar-refractivity contribution in [2.75, 3.05) is 45.9 Å². The number of nitrogens with one attached hydrogen (secondary N) is 1. The van der Waals surface area contributed by atoms with Gasteiger partial charge in [0, 0.05) is 19.8 Å². The van der Waals surface area contributed by atoms with Crippen LogP contribution in [0.2, 0.25) is 0 Å². The Bertz CT molecular complexity index is 188. The standard InChI is InChI=1S/C14H30N2O2/c1-4-16-9-7-13(8-10-16)11-15-12-14(17-5-2)18-6-3/h13-15H,4-12H2,1-3H3. The topological polar surface area (TPSA) is 33.7 Å². The molecule has 1 N–H and O–H groups in total. The number of piperidine rings is 1. The summed E-state index contributed by atoms with van der Waals surface area (Å²) in [5.74, 6) is 0.816. The van der Waals surface area contributed by atoms with Crippen LogP contribution in [0.5, 0.6) is 0 Å². The van der Waals surface area contributed by atoms with Gasteiger partial charge >= 0.3 is 0 Å². The summed E-state index contributed by atoms with van der Waals surface area (Å²) in [5.41, 5.74) is 0. The lowest BCUT2D eigenvalue weighted by molar-refractivity contribution is -0.133. The molecule has 4 nitrogen and oxygen atoms in total. The largest absolute Gasteiger partial charge is 0.352 e. The van der Waals surface area contributed by atoms with Crippen molar-refractivity contribution in [2.24, 2.45) is 5.92 Å². The summed E-state index contributed by atoms with van der Waals surface area (Å²) in [6.07, 6.45) is 2.54. The summed E-state index contributed by atoms with van der Waals surface area (Å²) in [6, 6.07) is 0. The molecule has 0 amide bonds. The van der Waals surface area contributed by atoms with E-state index in [2.05, 4.69) is 17.1 Å². The molecule has 1 aliphatic heterocycles. The zero-order valence-electron chi connectivity index (χ0n) is 12.3. The Morgan fingerprint density at radius 2 is 1.72 bits per heavy atom. The molecule has 0 aromatic carbocycles. The summed E-state index contributed by atoms with van der Waals surface area (Å²) >= 11 is 0. The summed E-state index contributed by atoms with van der Waals surface area (Å²) in [4.78, 5) is 2.53. The lowest BCUT2D eigenvalue weighted by Crippen LogP contribution is -2.39. The molecular weight excluding hydrogens is 228 g/mol. The molecule has 0 radical (unpaired) electrons. The lowest BCUT2D eigenvalue weighted by atomic mass is 9.97. The molecule has 0 atom stereocenters. The van der Waals surface area contributed by atoms with E-state index >= 15 is 0 Å². The van der Waals surface area contributed by atoms with Crippen LogP contribution >= 0.6 is 0 Å². The third-order valence-electron chi connectivity index (χ3n) is 3.60. The summed E-state index contributed by atoms with van der Waals surface area (Å²) < 4.78 is 11.0. The van der Waals surface area contributed by atoms with E-state index in [0.717, 1.165) is 19.0 Å². The molecule has 0 saturated carbocycles. The normalized spacial score (nSPS) is 18.7. The molecule has 1 rings (SSSR count). The predicted molar refractivity (Wildman–Crippen MR) is 74.7 cm³/mol. The zero-order chi connectivity index (χ0) is 13.2. The highest BCUT2D eigenvalue weighted by Gasteiger charge is 2.18. The van der Waals surface area contributed by atoms with E-state index in [0.29, 0.717) is 13.2 Å². The number of hydrogen-bond donors (Lipinski definition) is 1. The first-order valence-electron chi connectivity index (χ1n) is 7.46. The van der Waals surface area contributed by atoms with Crippen molar-refractivity contribution >= 4 is 0 Å². The number of likely N-dealkylation sites (tertiary alicyclic amines) is 1. The molecule has 4 heteroatoms. The van der Waals surface area contributed by atoms with E-state index in [1.807, 2.05) is 13.8 Å². The number of nitrogens with zero attached hydrogens (tertiary/aromatic N) is 1.